The Morgan fingerprint density at radius 1 is 1.33 bits per heavy atom. The molecule has 0 saturated heterocycles. The quantitative estimate of drug-likeness (QED) is 0.524. The molecule has 0 aromatic heterocycles. The van der Waals surface area contributed by atoms with E-state index in [1.165, 1.54) is 7.11 Å². The number of esters is 2. The van der Waals surface area contributed by atoms with Gasteiger partial charge in [-0.1, -0.05) is 6.58 Å². The highest BCUT2D eigenvalue weighted by molar-refractivity contribution is 5.93. The van der Waals surface area contributed by atoms with Gasteiger partial charge in [-0.3, -0.25) is 4.79 Å². The van der Waals surface area contributed by atoms with Crippen molar-refractivity contribution in [2.75, 3.05) is 7.11 Å². The molecular formula is C11H16O4. The minimum absolute atomic E-state index is 0.00639. The molecule has 84 valence electrons. The zero-order valence-corrected chi connectivity index (χ0v) is 8.95. The van der Waals surface area contributed by atoms with Crippen LogP contribution in [0.2, 0.25) is 0 Å². The molecule has 0 spiro atoms. The first-order chi connectivity index (χ1) is 7.13. The number of ether oxygens (including phenoxy) is 2. The molecule has 0 aromatic rings. The van der Waals surface area contributed by atoms with E-state index in [9.17, 15) is 9.59 Å². The monoisotopic (exact) mass is 212 g/mol. The summed E-state index contributed by atoms with van der Waals surface area (Å²) >= 11 is 0. The zero-order chi connectivity index (χ0) is 11.3. The highest BCUT2D eigenvalue weighted by atomic mass is 16.5. The van der Waals surface area contributed by atoms with Crippen LogP contribution in [0.5, 0.6) is 0 Å². The molecule has 4 nitrogen and oxygen atoms in total. The smallest absolute Gasteiger partial charge is 0.334 e. The van der Waals surface area contributed by atoms with Crippen molar-refractivity contribution < 1.29 is 19.1 Å². The Morgan fingerprint density at radius 3 is 2.47 bits per heavy atom. The first-order valence-corrected chi connectivity index (χ1v) is 5.09. The SMILES string of the molecule is C=C(CC(=O)OC)C(=O)OC1CCCC1. The number of methoxy groups -OCH3 is 1. The number of carbonyl (C=O) groups is 2. The maximum atomic E-state index is 11.4. The van der Waals surface area contributed by atoms with Gasteiger partial charge in [0.25, 0.3) is 0 Å². The van der Waals surface area contributed by atoms with Gasteiger partial charge in [0, 0.05) is 5.57 Å². The molecule has 0 atom stereocenters. The summed E-state index contributed by atoms with van der Waals surface area (Å²) in [7, 11) is 1.28. The summed E-state index contributed by atoms with van der Waals surface area (Å²) in [6, 6.07) is 0. The van der Waals surface area contributed by atoms with Gasteiger partial charge in [0.1, 0.15) is 6.10 Å². The van der Waals surface area contributed by atoms with E-state index < -0.39 is 11.9 Å². The second-order valence-electron chi connectivity index (χ2n) is 3.67. The number of rotatable bonds is 4. The molecule has 1 fully saturated rings. The van der Waals surface area contributed by atoms with E-state index in [0.29, 0.717) is 0 Å². The summed E-state index contributed by atoms with van der Waals surface area (Å²) in [5.74, 6) is -0.948. The topological polar surface area (TPSA) is 52.6 Å². The van der Waals surface area contributed by atoms with Crippen molar-refractivity contribution in [3.05, 3.63) is 12.2 Å². The van der Waals surface area contributed by atoms with Crippen molar-refractivity contribution in [1.82, 2.24) is 0 Å². The molecule has 0 heterocycles. The first kappa shape index (κ1) is 11.8. The summed E-state index contributed by atoms with van der Waals surface area (Å²) in [5, 5.41) is 0. The van der Waals surface area contributed by atoms with Crippen LogP contribution in [-0.2, 0) is 19.1 Å². The summed E-state index contributed by atoms with van der Waals surface area (Å²) in [5.41, 5.74) is 0.161. The first-order valence-electron chi connectivity index (χ1n) is 5.09. The molecule has 0 N–H and O–H groups in total. The van der Waals surface area contributed by atoms with Crippen molar-refractivity contribution in [3.8, 4) is 0 Å². The van der Waals surface area contributed by atoms with Gasteiger partial charge in [-0.25, -0.2) is 4.79 Å². The van der Waals surface area contributed by atoms with Gasteiger partial charge in [-0.05, 0) is 25.7 Å². The highest BCUT2D eigenvalue weighted by Gasteiger charge is 2.21. The predicted molar refractivity (Wildman–Crippen MR) is 54.1 cm³/mol. The molecule has 0 amide bonds. The van der Waals surface area contributed by atoms with Crippen LogP contribution in [0.4, 0.5) is 0 Å². The maximum absolute atomic E-state index is 11.4. The lowest BCUT2D eigenvalue weighted by atomic mass is 10.2. The normalized spacial score (nSPS) is 16.1. The van der Waals surface area contributed by atoms with Gasteiger partial charge in [0.2, 0.25) is 0 Å². The van der Waals surface area contributed by atoms with Crippen LogP contribution in [-0.4, -0.2) is 25.2 Å². The second-order valence-corrected chi connectivity index (χ2v) is 3.67. The zero-order valence-electron chi connectivity index (χ0n) is 8.95. The van der Waals surface area contributed by atoms with Crippen molar-refractivity contribution in [2.24, 2.45) is 0 Å². The minimum atomic E-state index is -0.479. The van der Waals surface area contributed by atoms with Crippen LogP contribution >= 0.6 is 0 Å². The number of hydrogen-bond acceptors (Lipinski definition) is 4. The van der Waals surface area contributed by atoms with Gasteiger partial charge >= 0.3 is 11.9 Å². The lowest BCUT2D eigenvalue weighted by Crippen LogP contribution is -2.17. The predicted octanol–water partition coefficient (Wildman–Crippen LogP) is 1.59. The van der Waals surface area contributed by atoms with Crippen LogP contribution in [0.25, 0.3) is 0 Å². The number of carbonyl (C=O) groups excluding carboxylic acids is 2. The van der Waals surface area contributed by atoms with Gasteiger partial charge in [-0.2, -0.15) is 0 Å². The highest BCUT2D eigenvalue weighted by Crippen LogP contribution is 2.22. The fourth-order valence-corrected chi connectivity index (χ4v) is 1.56. The van der Waals surface area contributed by atoms with Gasteiger partial charge in [0.15, 0.2) is 0 Å². The van der Waals surface area contributed by atoms with Crippen LogP contribution in [0.15, 0.2) is 12.2 Å². The third-order valence-electron chi connectivity index (χ3n) is 2.45. The summed E-state index contributed by atoms with van der Waals surface area (Å²) in [6.07, 6.45) is 3.94. The molecule has 1 saturated carbocycles. The van der Waals surface area contributed by atoms with E-state index in [4.69, 9.17) is 4.74 Å². The molecule has 0 aliphatic heterocycles. The third kappa shape index (κ3) is 3.73. The molecule has 1 aliphatic rings. The molecule has 0 unspecified atom stereocenters. The standard InChI is InChI=1S/C11H16O4/c1-8(7-10(12)14-2)11(13)15-9-5-3-4-6-9/h9H,1,3-7H2,2H3. The molecular weight excluding hydrogens is 196 g/mol. The summed E-state index contributed by atoms with van der Waals surface area (Å²) < 4.78 is 9.61. The minimum Gasteiger partial charge on any atom is -0.469 e. The summed E-state index contributed by atoms with van der Waals surface area (Å²) in [6.45, 7) is 3.51. The van der Waals surface area contributed by atoms with Crippen LogP contribution in [0.1, 0.15) is 32.1 Å². The Labute approximate surface area is 89.2 Å². The van der Waals surface area contributed by atoms with E-state index >= 15 is 0 Å². The van der Waals surface area contributed by atoms with E-state index in [2.05, 4.69) is 11.3 Å². The molecule has 0 radical (unpaired) electrons. The average Bonchev–Trinajstić information content (AvgIpc) is 2.70. The second kappa shape index (κ2) is 5.53. The maximum Gasteiger partial charge on any atom is 0.334 e. The Kier molecular flexibility index (Phi) is 4.34. The molecule has 4 heteroatoms. The summed E-state index contributed by atoms with van der Waals surface area (Å²) in [4.78, 5) is 22.3. The van der Waals surface area contributed by atoms with Crippen molar-refractivity contribution >= 4 is 11.9 Å². The van der Waals surface area contributed by atoms with Crippen molar-refractivity contribution in [3.63, 3.8) is 0 Å². The van der Waals surface area contributed by atoms with Crippen molar-refractivity contribution in [2.45, 2.75) is 38.2 Å². The Balaban J connectivity index is 2.32. The van der Waals surface area contributed by atoms with E-state index in [1.54, 1.807) is 0 Å². The Bertz CT molecular complexity index is 264. The van der Waals surface area contributed by atoms with Crippen LogP contribution < -0.4 is 0 Å². The fraction of sp³-hybridized carbons (Fsp3) is 0.636. The van der Waals surface area contributed by atoms with Gasteiger partial charge in [-0.15, -0.1) is 0 Å². The van der Waals surface area contributed by atoms with Gasteiger partial charge in [0.05, 0.1) is 13.5 Å². The van der Waals surface area contributed by atoms with Crippen LogP contribution in [0.3, 0.4) is 0 Å². The molecule has 15 heavy (non-hydrogen) atoms. The lowest BCUT2D eigenvalue weighted by Gasteiger charge is -2.11. The van der Waals surface area contributed by atoms with Gasteiger partial charge < -0.3 is 9.47 Å². The molecule has 0 aromatic carbocycles. The number of hydrogen-bond donors (Lipinski definition) is 0. The van der Waals surface area contributed by atoms with E-state index in [-0.39, 0.29) is 18.1 Å². The third-order valence-corrected chi connectivity index (χ3v) is 2.45. The fourth-order valence-electron chi connectivity index (χ4n) is 1.56. The molecule has 0 bridgehead atoms. The lowest BCUT2D eigenvalue weighted by molar-refractivity contribution is -0.147. The molecule has 1 aliphatic carbocycles. The molecule has 1 rings (SSSR count). The van der Waals surface area contributed by atoms with Crippen LogP contribution in [0, 0.1) is 0 Å². The Morgan fingerprint density at radius 2 is 1.93 bits per heavy atom. The van der Waals surface area contributed by atoms with Crippen molar-refractivity contribution in [1.29, 1.82) is 0 Å². The van der Waals surface area contributed by atoms with E-state index in [1.807, 2.05) is 0 Å². The largest absolute Gasteiger partial charge is 0.469 e. The average molecular weight is 212 g/mol. The van der Waals surface area contributed by atoms with E-state index in [0.717, 1.165) is 25.7 Å². The Hall–Kier alpha value is -1.32.